The first-order valence-corrected chi connectivity index (χ1v) is 9.92. The van der Waals surface area contributed by atoms with Crippen molar-refractivity contribution in [1.82, 2.24) is 4.98 Å². The summed E-state index contributed by atoms with van der Waals surface area (Å²) < 4.78 is 23.1. The van der Waals surface area contributed by atoms with E-state index in [-0.39, 0.29) is 10.6 Å². The summed E-state index contributed by atoms with van der Waals surface area (Å²) >= 11 is 6.10. The fourth-order valence-electron chi connectivity index (χ4n) is 2.68. The predicted octanol–water partition coefficient (Wildman–Crippen LogP) is 3.49. The summed E-state index contributed by atoms with van der Waals surface area (Å²) in [6.45, 7) is 0. The first-order valence-electron chi connectivity index (χ1n) is 8.00. The molecule has 2 aromatic carbocycles. The molecule has 0 aliphatic carbocycles. The van der Waals surface area contributed by atoms with E-state index < -0.39 is 26.7 Å². The molecule has 0 radical (unpaired) electrons. The largest absolute Gasteiger partial charge is 0.367 e. The number of anilines is 1. The van der Waals surface area contributed by atoms with Gasteiger partial charge in [-0.05, 0) is 42.0 Å². The number of pyridine rings is 1. The van der Waals surface area contributed by atoms with Crippen molar-refractivity contribution in [2.24, 2.45) is 5.14 Å². The minimum Gasteiger partial charge on any atom is -0.367 e. The Labute approximate surface area is 166 Å². The van der Waals surface area contributed by atoms with Gasteiger partial charge < -0.3 is 5.32 Å². The van der Waals surface area contributed by atoms with E-state index >= 15 is 0 Å². The van der Waals surface area contributed by atoms with Crippen molar-refractivity contribution in [1.29, 1.82) is 0 Å². The van der Waals surface area contributed by atoms with Crippen LogP contribution in [-0.2, 0) is 10.0 Å². The number of nitro groups is 1. The summed E-state index contributed by atoms with van der Waals surface area (Å²) in [5, 5.41) is 20.2. The molecule has 0 saturated heterocycles. The summed E-state index contributed by atoms with van der Waals surface area (Å²) in [6, 6.07) is 15.2. The zero-order valence-electron chi connectivity index (χ0n) is 14.3. The molecule has 10 heteroatoms. The number of sulfonamides is 1. The number of primary sulfonamides is 1. The van der Waals surface area contributed by atoms with Gasteiger partial charge in [-0.15, -0.1) is 0 Å². The van der Waals surface area contributed by atoms with Crippen molar-refractivity contribution in [3.63, 3.8) is 0 Å². The summed E-state index contributed by atoms with van der Waals surface area (Å²) in [6.07, 6.45) is 1.60. The Morgan fingerprint density at radius 2 is 1.89 bits per heavy atom. The molecule has 0 fully saturated rings. The Balaban J connectivity index is 2.10. The van der Waals surface area contributed by atoms with E-state index in [0.29, 0.717) is 10.7 Å². The number of nitrogens with zero attached hydrogens (tertiary/aromatic N) is 2. The second-order valence-electron chi connectivity index (χ2n) is 5.87. The molecular formula is C18H15ClN4O4S. The summed E-state index contributed by atoms with van der Waals surface area (Å²) in [7, 11) is -4.08. The lowest BCUT2D eigenvalue weighted by atomic mass is 10.0. The molecule has 3 N–H and O–H groups in total. The zero-order chi connectivity index (χ0) is 20.3. The number of nitrogens with two attached hydrogens (primary N) is 1. The molecule has 1 atom stereocenters. The molecule has 0 saturated carbocycles. The molecule has 1 heterocycles. The Morgan fingerprint density at radius 1 is 1.11 bits per heavy atom. The quantitative estimate of drug-likeness (QED) is 0.465. The highest BCUT2D eigenvalue weighted by Gasteiger charge is 2.23. The number of hydrogen-bond donors (Lipinski definition) is 2. The molecule has 28 heavy (non-hydrogen) atoms. The van der Waals surface area contributed by atoms with Crippen molar-refractivity contribution < 1.29 is 13.3 Å². The fourth-order valence-corrected chi connectivity index (χ4v) is 3.41. The Hall–Kier alpha value is -3.01. The van der Waals surface area contributed by atoms with Gasteiger partial charge in [0.2, 0.25) is 10.0 Å². The van der Waals surface area contributed by atoms with Crippen LogP contribution in [0.4, 0.5) is 11.4 Å². The van der Waals surface area contributed by atoms with E-state index in [4.69, 9.17) is 16.7 Å². The standard InChI is InChI=1S/C18H15ClN4O4S/c19-13-5-3-4-12(10-13)18(16-6-1-2-9-21-16)22-15-8-7-14(28(20,26)27)11-17(15)23(24)25/h1-11,18,22H,(H2,20,26,27). The number of aromatic nitrogens is 1. The van der Waals surface area contributed by atoms with Crippen molar-refractivity contribution in [3.05, 3.63) is 93.3 Å². The molecule has 3 rings (SSSR count). The van der Waals surface area contributed by atoms with E-state index in [1.807, 2.05) is 6.07 Å². The zero-order valence-corrected chi connectivity index (χ0v) is 15.9. The molecule has 8 nitrogen and oxygen atoms in total. The first-order chi connectivity index (χ1) is 13.3. The molecule has 1 unspecified atom stereocenters. The van der Waals surface area contributed by atoms with Crippen LogP contribution in [0.3, 0.4) is 0 Å². The monoisotopic (exact) mass is 418 g/mol. The number of halogens is 1. The molecule has 1 aromatic heterocycles. The number of nitrogens with one attached hydrogen (secondary N) is 1. The maximum absolute atomic E-state index is 11.5. The number of rotatable bonds is 6. The van der Waals surface area contributed by atoms with E-state index in [2.05, 4.69) is 10.3 Å². The maximum atomic E-state index is 11.5. The SMILES string of the molecule is NS(=O)(=O)c1ccc(NC(c2cccc(Cl)c2)c2ccccn2)c([N+](=O)[O-])c1. The average Bonchev–Trinajstić information content (AvgIpc) is 2.66. The van der Waals surface area contributed by atoms with Crippen LogP contribution in [0.15, 0.2) is 71.8 Å². The number of nitro benzene ring substituents is 1. The van der Waals surface area contributed by atoms with Crippen LogP contribution < -0.4 is 10.5 Å². The minimum atomic E-state index is -4.08. The summed E-state index contributed by atoms with van der Waals surface area (Å²) in [4.78, 5) is 14.8. The lowest BCUT2D eigenvalue weighted by Gasteiger charge is -2.20. The Morgan fingerprint density at radius 3 is 2.50 bits per heavy atom. The lowest BCUT2D eigenvalue weighted by Crippen LogP contribution is -2.16. The third-order valence-electron chi connectivity index (χ3n) is 3.96. The van der Waals surface area contributed by atoms with Crippen LogP contribution in [0.1, 0.15) is 17.3 Å². The van der Waals surface area contributed by atoms with Gasteiger partial charge in [0.05, 0.1) is 21.6 Å². The molecule has 0 aliphatic heterocycles. The molecular weight excluding hydrogens is 404 g/mol. The summed E-state index contributed by atoms with van der Waals surface area (Å²) in [5.41, 5.74) is 1.04. The fraction of sp³-hybridized carbons (Fsp3) is 0.0556. The highest BCUT2D eigenvalue weighted by molar-refractivity contribution is 7.89. The van der Waals surface area contributed by atoms with E-state index in [0.717, 1.165) is 11.6 Å². The normalized spacial score (nSPS) is 12.4. The van der Waals surface area contributed by atoms with Gasteiger partial charge >= 0.3 is 0 Å². The Bertz CT molecular complexity index is 1120. The highest BCUT2D eigenvalue weighted by Crippen LogP contribution is 2.33. The van der Waals surface area contributed by atoms with Gasteiger partial charge in [-0.25, -0.2) is 13.6 Å². The average molecular weight is 419 g/mol. The van der Waals surface area contributed by atoms with Crippen molar-refractivity contribution in [3.8, 4) is 0 Å². The van der Waals surface area contributed by atoms with Gasteiger partial charge in [-0.2, -0.15) is 0 Å². The van der Waals surface area contributed by atoms with E-state index in [1.165, 1.54) is 12.1 Å². The van der Waals surface area contributed by atoms with Crippen LogP contribution in [0.25, 0.3) is 0 Å². The second kappa shape index (κ2) is 7.93. The first kappa shape index (κ1) is 19.7. The smallest absolute Gasteiger partial charge is 0.293 e. The number of benzene rings is 2. The van der Waals surface area contributed by atoms with Crippen molar-refractivity contribution in [2.75, 3.05) is 5.32 Å². The third kappa shape index (κ3) is 4.45. The molecule has 0 aliphatic rings. The molecule has 0 bridgehead atoms. The minimum absolute atomic E-state index is 0.119. The highest BCUT2D eigenvalue weighted by atomic mass is 35.5. The second-order valence-corrected chi connectivity index (χ2v) is 7.87. The van der Waals surface area contributed by atoms with Crippen LogP contribution in [0.5, 0.6) is 0 Å². The van der Waals surface area contributed by atoms with Gasteiger partial charge in [0.1, 0.15) is 5.69 Å². The maximum Gasteiger partial charge on any atom is 0.293 e. The van der Waals surface area contributed by atoms with Crippen LogP contribution in [0, 0.1) is 10.1 Å². The molecule has 0 spiro atoms. The summed E-state index contributed by atoms with van der Waals surface area (Å²) in [5.74, 6) is 0. The predicted molar refractivity (Wildman–Crippen MR) is 106 cm³/mol. The third-order valence-corrected chi connectivity index (χ3v) is 5.11. The van der Waals surface area contributed by atoms with Crippen LogP contribution in [0.2, 0.25) is 5.02 Å². The number of hydrogen-bond acceptors (Lipinski definition) is 6. The molecule has 144 valence electrons. The van der Waals surface area contributed by atoms with Gasteiger partial charge in [0, 0.05) is 17.3 Å². The van der Waals surface area contributed by atoms with Gasteiger partial charge in [-0.3, -0.25) is 15.1 Å². The van der Waals surface area contributed by atoms with Gasteiger partial charge in [0.25, 0.3) is 5.69 Å². The topological polar surface area (TPSA) is 128 Å². The van der Waals surface area contributed by atoms with Crippen LogP contribution >= 0.6 is 11.6 Å². The van der Waals surface area contributed by atoms with Crippen molar-refractivity contribution in [2.45, 2.75) is 10.9 Å². The Kier molecular flexibility index (Phi) is 5.59. The van der Waals surface area contributed by atoms with E-state index in [9.17, 15) is 18.5 Å². The van der Waals surface area contributed by atoms with Crippen molar-refractivity contribution >= 4 is 33.0 Å². The van der Waals surface area contributed by atoms with Gasteiger partial charge in [0.15, 0.2) is 0 Å². The van der Waals surface area contributed by atoms with E-state index in [1.54, 1.807) is 42.6 Å². The molecule has 0 amide bonds. The van der Waals surface area contributed by atoms with Gasteiger partial charge in [-0.1, -0.05) is 29.8 Å². The molecule has 3 aromatic rings. The lowest BCUT2D eigenvalue weighted by molar-refractivity contribution is -0.384. The van der Waals surface area contributed by atoms with Crippen LogP contribution in [-0.4, -0.2) is 18.3 Å².